The predicted molar refractivity (Wildman–Crippen MR) is 84.2 cm³/mol. The Balaban J connectivity index is 2.21. The number of hydrogen-bond donors (Lipinski definition) is 0. The minimum atomic E-state index is -0.633. The summed E-state index contributed by atoms with van der Waals surface area (Å²) < 4.78 is 5.21. The Bertz CT molecular complexity index is 425. The zero-order chi connectivity index (χ0) is 15.3. The van der Waals surface area contributed by atoms with E-state index in [-0.39, 0.29) is 0 Å². The SMILES string of the molecule is C=CCCCCCCCC(C=O)OC(=O)c1ccccc1. The summed E-state index contributed by atoms with van der Waals surface area (Å²) in [6.45, 7) is 3.69. The summed E-state index contributed by atoms with van der Waals surface area (Å²) in [7, 11) is 0. The fourth-order valence-corrected chi connectivity index (χ4v) is 2.10. The number of carbonyl (C=O) groups excluding carboxylic acids is 2. The van der Waals surface area contributed by atoms with Crippen LogP contribution >= 0.6 is 0 Å². The van der Waals surface area contributed by atoms with E-state index in [1.54, 1.807) is 24.3 Å². The number of ether oxygens (including phenoxy) is 1. The van der Waals surface area contributed by atoms with Crippen LogP contribution in [0.4, 0.5) is 0 Å². The van der Waals surface area contributed by atoms with Crippen LogP contribution in [0.5, 0.6) is 0 Å². The van der Waals surface area contributed by atoms with E-state index in [2.05, 4.69) is 6.58 Å². The van der Waals surface area contributed by atoms with Crippen LogP contribution < -0.4 is 0 Å². The molecule has 0 heterocycles. The van der Waals surface area contributed by atoms with Gasteiger partial charge in [0.1, 0.15) is 0 Å². The van der Waals surface area contributed by atoms with Gasteiger partial charge in [0.25, 0.3) is 0 Å². The molecule has 0 spiro atoms. The molecule has 1 atom stereocenters. The highest BCUT2D eigenvalue weighted by Crippen LogP contribution is 2.11. The average Bonchev–Trinajstić information content (AvgIpc) is 2.53. The molecule has 1 aromatic carbocycles. The van der Waals surface area contributed by atoms with Crippen molar-refractivity contribution in [1.29, 1.82) is 0 Å². The van der Waals surface area contributed by atoms with Crippen LogP contribution in [0.3, 0.4) is 0 Å². The Labute approximate surface area is 127 Å². The van der Waals surface area contributed by atoms with Crippen molar-refractivity contribution in [3.05, 3.63) is 48.6 Å². The van der Waals surface area contributed by atoms with Gasteiger partial charge in [0, 0.05) is 0 Å². The van der Waals surface area contributed by atoms with Crippen LogP contribution in [-0.4, -0.2) is 18.4 Å². The highest BCUT2D eigenvalue weighted by atomic mass is 16.5. The zero-order valence-electron chi connectivity index (χ0n) is 12.5. The van der Waals surface area contributed by atoms with Gasteiger partial charge >= 0.3 is 5.97 Å². The maximum atomic E-state index is 11.8. The fraction of sp³-hybridized carbons (Fsp3) is 0.444. The largest absolute Gasteiger partial charge is 0.451 e. The number of allylic oxidation sites excluding steroid dienone is 1. The molecule has 3 nitrogen and oxygen atoms in total. The highest BCUT2D eigenvalue weighted by Gasteiger charge is 2.14. The Morgan fingerprint density at radius 2 is 1.76 bits per heavy atom. The Hall–Kier alpha value is -1.90. The normalized spacial score (nSPS) is 11.6. The van der Waals surface area contributed by atoms with Crippen molar-refractivity contribution in [3.8, 4) is 0 Å². The van der Waals surface area contributed by atoms with Crippen LogP contribution in [0.2, 0.25) is 0 Å². The van der Waals surface area contributed by atoms with Crippen LogP contribution in [0, 0.1) is 0 Å². The smallest absolute Gasteiger partial charge is 0.338 e. The lowest BCUT2D eigenvalue weighted by atomic mass is 10.1. The second-order valence-electron chi connectivity index (χ2n) is 5.08. The van der Waals surface area contributed by atoms with Gasteiger partial charge in [0.15, 0.2) is 12.4 Å². The molecule has 0 aromatic heterocycles. The molecule has 21 heavy (non-hydrogen) atoms. The lowest BCUT2D eigenvalue weighted by Gasteiger charge is -2.12. The number of rotatable bonds is 11. The number of unbranched alkanes of at least 4 members (excludes halogenated alkanes) is 5. The second kappa shape index (κ2) is 10.8. The summed E-state index contributed by atoms with van der Waals surface area (Å²) in [4.78, 5) is 22.8. The summed E-state index contributed by atoms with van der Waals surface area (Å²) in [5.74, 6) is -0.432. The first-order chi connectivity index (χ1) is 10.3. The molecule has 1 unspecified atom stereocenters. The molecule has 0 bridgehead atoms. The molecule has 1 aromatic rings. The van der Waals surface area contributed by atoms with Crippen molar-refractivity contribution >= 4 is 12.3 Å². The first-order valence-corrected chi connectivity index (χ1v) is 7.60. The summed E-state index contributed by atoms with van der Waals surface area (Å²) in [6, 6.07) is 8.75. The Morgan fingerprint density at radius 3 is 2.43 bits per heavy atom. The molecule has 0 radical (unpaired) electrons. The first-order valence-electron chi connectivity index (χ1n) is 7.60. The summed E-state index contributed by atoms with van der Waals surface area (Å²) in [5.41, 5.74) is 0.480. The molecule has 0 saturated heterocycles. The van der Waals surface area contributed by atoms with E-state index in [0.29, 0.717) is 12.0 Å². The molecule has 0 aliphatic carbocycles. The van der Waals surface area contributed by atoms with Crippen molar-refractivity contribution in [2.24, 2.45) is 0 Å². The van der Waals surface area contributed by atoms with Gasteiger partial charge in [0.2, 0.25) is 0 Å². The Kier molecular flexibility index (Phi) is 8.85. The summed E-state index contributed by atoms with van der Waals surface area (Å²) in [6.07, 6.45) is 9.14. The van der Waals surface area contributed by atoms with Gasteiger partial charge in [-0.25, -0.2) is 4.79 Å². The quantitative estimate of drug-likeness (QED) is 0.263. The Morgan fingerprint density at radius 1 is 1.10 bits per heavy atom. The van der Waals surface area contributed by atoms with E-state index in [4.69, 9.17) is 4.74 Å². The van der Waals surface area contributed by atoms with Crippen molar-refractivity contribution in [2.75, 3.05) is 0 Å². The van der Waals surface area contributed by atoms with Gasteiger partial charge < -0.3 is 4.74 Å². The molecule has 0 N–H and O–H groups in total. The zero-order valence-corrected chi connectivity index (χ0v) is 12.5. The van der Waals surface area contributed by atoms with E-state index in [1.807, 2.05) is 12.1 Å². The van der Waals surface area contributed by atoms with Crippen molar-refractivity contribution in [2.45, 2.75) is 51.0 Å². The number of aldehydes is 1. The van der Waals surface area contributed by atoms with Crippen molar-refractivity contribution < 1.29 is 14.3 Å². The number of benzene rings is 1. The van der Waals surface area contributed by atoms with Crippen LogP contribution in [0.25, 0.3) is 0 Å². The van der Waals surface area contributed by atoms with E-state index in [9.17, 15) is 9.59 Å². The first kappa shape index (κ1) is 17.2. The van der Waals surface area contributed by atoms with E-state index >= 15 is 0 Å². The molecule has 0 fully saturated rings. The van der Waals surface area contributed by atoms with Gasteiger partial charge in [-0.15, -0.1) is 6.58 Å². The van der Waals surface area contributed by atoms with Crippen molar-refractivity contribution in [3.63, 3.8) is 0 Å². The van der Waals surface area contributed by atoms with E-state index < -0.39 is 12.1 Å². The molecule has 0 aliphatic heterocycles. The lowest BCUT2D eigenvalue weighted by molar-refractivity contribution is -0.115. The van der Waals surface area contributed by atoms with Gasteiger partial charge in [-0.1, -0.05) is 43.5 Å². The molecular formula is C18H24O3. The van der Waals surface area contributed by atoms with Gasteiger partial charge in [-0.2, -0.15) is 0 Å². The third-order valence-electron chi connectivity index (χ3n) is 3.32. The summed E-state index contributed by atoms with van der Waals surface area (Å²) >= 11 is 0. The molecule has 114 valence electrons. The van der Waals surface area contributed by atoms with Crippen molar-refractivity contribution in [1.82, 2.24) is 0 Å². The maximum absolute atomic E-state index is 11.8. The monoisotopic (exact) mass is 288 g/mol. The van der Waals surface area contributed by atoms with Crippen LogP contribution in [0.15, 0.2) is 43.0 Å². The van der Waals surface area contributed by atoms with Gasteiger partial charge in [-0.05, 0) is 37.8 Å². The number of carbonyl (C=O) groups is 2. The maximum Gasteiger partial charge on any atom is 0.338 e. The third-order valence-corrected chi connectivity index (χ3v) is 3.32. The lowest BCUT2D eigenvalue weighted by Crippen LogP contribution is -2.19. The van der Waals surface area contributed by atoms with Gasteiger partial charge in [-0.3, -0.25) is 4.79 Å². The van der Waals surface area contributed by atoms with E-state index in [1.165, 1.54) is 12.8 Å². The molecule has 3 heteroatoms. The molecule has 0 aliphatic rings. The third kappa shape index (κ3) is 7.45. The average molecular weight is 288 g/mol. The molecule has 1 rings (SSSR count). The molecular weight excluding hydrogens is 264 g/mol. The topological polar surface area (TPSA) is 43.4 Å². The fourth-order valence-electron chi connectivity index (χ4n) is 2.10. The summed E-state index contributed by atoms with van der Waals surface area (Å²) in [5, 5.41) is 0. The predicted octanol–water partition coefficient (Wildman–Crippen LogP) is 4.33. The minimum Gasteiger partial charge on any atom is -0.451 e. The number of esters is 1. The molecule has 0 saturated carbocycles. The van der Waals surface area contributed by atoms with Crippen LogP contribution in [-0.2, 0) is 9.53 Å². The highest BCUT2D eigenvalue weighted by molar-refractivity contribution is 5.90. The van der Waals surface area contributed by atoms with E-state index in [0.717, 1.165) is 32.0 Å². The molecule has 0 amide bonds. The minimum absolute atomic E-state index is 0.432. The van der Waals surface area contributed by atoms with Gasteiger partial charge in [0.05, 0.1) is 5.56 Å². The standard InChI is InChI=1S/C18H24O3/c1-2-3-4-5-6-7-11-14-17(15-19)21-18(20)16-12-9-8-10-13-16/h2,8-10,12-13,15,17H,1,3-7,11,14H2. The second-order valence-corrected chi connectivity index (χ2v) is 5.08. The van der Waals surface area contributed by atoms with Crippen LogP contribution in [0.1, 0.15) is 55.3 Å². The number of hydrogen-bond acceptors (Lipinski definition) is 3.